The van der Waals surface area contributed by atoms with Crippen molar-refractivity contribution in [2.75, 3.05) is 6.61 Å². The molecule has 0 unspecified atom stereocenters. The van der Waals surface area contributed by atoms with E-state index in [0.29, 0.717) is 6.29 Å². The van der Waals surface area contributed by atoms with Crippen LogP contribution in [0.3, 0.4) is 0 Å². The van der Waals surface area contributed by atoms with Crippen LogP contribution >= 0.6 is 23.2 Å². The lowest BCUT2D eigenvalue weighted by molar-refractivity contribution is 0.0516. The zero-order valence-corrected chi connectivity index (χ0v) is 17.2. The number of esters is 1. The molecule has 0 aliphatic heterocycles. The van der Waals surface area contributed by atoms with E-state index in [4.69, 9.17) is 27.9 Å². The number of carbonyl (C=O) groups is 2. The highest BCUT2D eigenvalue weighted by Gasteiger charge is 2.32. The quantitative estimate of drug-likeness (QED) is 0.432. The molecule has 2 aromatic carbocycles. The van der Waals surface area contributed by atoms with E-state index in [1.807, 2.05) is 6.92 Å². The minimum atomic E-state index is -4.26. The van der Waals surface area contributed by atoms with Gasteiger partial charge in [0, 0.05) is 10.4 Å². The van der Waals surface area contributed by atoms with Crippen LogP contribution in [-0.2, 0) is 14.8 Å². The molecule has 0 N–H and O–H groups in total. The molecule has 0 aliphatic carbocycles. The molecule has 9 heteroatoms. The van der Waals surface area contributed by atoms with Gasteiger partial charge in [-0.2, -0.15) is 0 Å². The third-order valence-electron chi connectivity index (χ3n) is 4.13. The summed E-state index contributed by atoms with van der Waals surface area (Å²) in [5.74, 6) is -0.955. The topological polar surface area (TPSA) is 82.4 Å². The molecule has 1 aromatic heterocycles. The van der Waals surface area contributed by atoms with E-state index < -0.39 is 21.7 Å². The molecule has 0 bridgehead atoms. The first-order chi connectivity index (χ1) is 13.2. The van der Waals surface area contributed by atoms with Crippen molar-refractivity contribution in [1.29, 1.82) is 0 Å². The number of benzene rings is 2. The van der Waals surface area contributed by atoms with Crippen LogP contribution in [0.5, 0.6) is 0 Å². The second-order valence-corrected chi connectivity index (χ2v) is 8.60. The summed E-state index contributed by atoms with van der Waals surface area (Å²) < 4.78 is 32.6. The summed E-state index contributed by atoms with van der Waals surface area (Å²) in [7, 11) is -4.26. The molecule has 0 aliphatic rings. The fraction of sp³-hybridized carbons (Fsp3) is 0.158. The predicted molar refractivity (Wildman–Crippen MR) is 107 cm³/mol. The highest BCUT2D eigenvalue weighted by atomic mass is 35.5. The highest BCUT2D eigenvalue weighted by molar-refractivity contribution is 7.90. The van der Waals surface area contributed by atoms with Crippen molar-refractivity contribution in [3.05, 3.63) is 63.3 Å². The van der Waals surface area contributed by atoms with Crippen LogP contribution in [0.4, 0.5) is 0 Å². The average Bonchev–Trinajstić information content (AvgIpc) is 2.97. The maximum atomic E-state index is 13.4. The number of carbonyl (C=O) groups excluding carboxylic acids is 2. The summed E-state index contributed by atoms with van der Waals surface area (Å²) in [5, 5.41) is 0.316. The first-order valence-electron chi connectivity index (χ1n) is 8.20. The predicted octanol–water partition coefficient (Wildman–Crippen LogP) is 4.48. The van der Waals surface area contributed by atoms with Crippen molar-refractivity contribution in [3.8, 4) is 0 Å². The maximum Gasteiger partial charge on any atom is 0.356 e. The van der Waals surface area contributed by atoms with E-state index in [1.54, 1.807) is 19.1 Å². The number of aryl methyl sites for hydroxylation is 1. The van der Waals surface area contributed by atoms with Gasteiger partial charge in [-0.15, -0.1) is 0 Å². The molecule has 0 atom stereocenters. The minimum absolute atomic E-state index is 0.00226. The lowest BCUT2D eigenvalue weighted by Crippen LogP contribution is -2.21. The van der Waals surface area contributed by atoms with Crippen LogP contribution < -0.4 is 0 Å². The Morgan fingerprint density at radius 1 is 1.18 bits per heavy atom. The van der Waals surface area contributed by atoms with Crippen LogP contribution in [0, 0.1) is 6.92 Å². The smallest absolute Gasteiger partial charge is 0.356 e. The fourth-order valence-corrected chi connectivity index (χ4v) is 5.00. The van der Waals surface area contributed by atoms with Gasteiger partial charge >= 0.3 is 5.97 Å². The normalized spacial score (nSPS) is 11.6. The summed E-state index contributed by atoms with van der Waals surface area (Å²) in [6, 6.07) is 8.79. The Hall–Kier alpha value is -2.35. The van der Waals surface area contributed by atoms with Crippen molar-refractivity contribution in [2.24, 2.45) is 0 Å². The molecular weight excluding hydrogens is 425 g/mol. The zero-order chi connectivity index (χ0) is 20.6. The second kappa shape index (κ2) is 7.58. The summed E-state index contributed by atoms with van der Waals surface area (Å²) in [4.78, 5) is 24.3. The summed E-state index contributed by atoms with van der Waals surface area (Å²) in [6.45, 7) is 3.39. The number of ether oxygens (including phenoxy) is 1. The number of halogens is 2. The van der Waals surface area contributed by atoms with Crippen LogP contribution in [0.1, 0.15) is 33.3 Å². The number of rotatable bonds is 5. The van der Waals surface area contributed by atoms with Crippen molar-refractivity contribution in [3.63, 3.8) is 0 Å². The molecular formula is C19H15Cl2NO5S. The van der Waals surface area contributed by atoms with Crippen LogP contribution in [0.25, 0.3) is 10.9 Å². The minimum Gasteiger partial charge on any atom is -0.461 e. The lowest BCUT2D eigenvalue weighted by atomic mass is 10.1. The van der Waals surface area contributed by atoms with Crippen LogP contribution in [-0.4, -0.2) is 31.3 Å². The maximum absolute atomic E-state index is 13.4. The molecule has 0 spiro atoms. The second-order valence-electron chi connectivity index (χ2n) is 5.96. The Bertz CT molecular complexity index is 1200. The van der Waals surface area contributed by atoms with Crippen molar-refractivity contribution >= 4 is 56.4 Å². The number of hydrogen-bond donors (Lipinski definition) is 0. The number of hydrogen-bond acceptors (Lipinski definition) is 5. The van der Waals surface area contributed by atoms with E-state index in [-0.39, 0.29) is 38.0 Å². The van der Waals surface area contributed by atoms with Gasteiger partial charge in [0.1, 0.15) is 0 Å². The number of aromatic nitrogens is 1. The van der Waals surface area contributed by atoms with Gasteiger partial charge in [-0.25, -0.2) is 17.2 Å². The number of aldehydes is 1. The average molecular weight is 440 g/mol. The van der Waals surface area contributed by atoms with Crippen LogP contribution in [0.15, 0.2) is 41.3 Å². The first kappa shape index (κ1) is 20.4. The van der Waals surface area contributed by atoms with E-state index in [2.05, 4.69) is 0 Å². The SMILES string of the molecule is CCOC(=O)c1c(C=O)c2c(Cl)cc(Cl)cc2n1S(=O)(=O)c1ccc(C)cc1. The Balaban J connectivity index is 2.49. The van der Waals surface area contributed by atoms with Gasteiger partial charge in [0.15, 0.2) is 12.0 Å². The van der Waals surface area contributed by atoms with Gasteiger partial charge in [-0.1, -0.05) is 40.9 Å². The van der Waals surface area contributed by atoms with Crippen molar-refractivity contribution in [1.82, 2.24) is 3.97 Å². The summed E-state index contributed by atoms with van der Waals surface area (Å²) in [5.41, 5.74) is 0.284. The molecule has 3 rings (SSSR count). The molecule has 0 radical (unpaired) electrons. The van der Waals surface area contributed by atoms with E-state index in [0.717, 1.165) is 9.54 Å². The lowest BCUT2D eigenvalue weighted by Gasteiger charge is -2.12. The molecule has 0 amide bonds. The van der Waals surface area contributed by atoms with Gasteiger partial charge in [-0.05, 0) is 38.1 Å². The third-order valence-corrected chi connectivity index (χ3v) is 6.37. The van der Waals surface area contributed by atoms with Crippen molar-refractivity contribution in [2.45, 2.75) is 18.7 Å². The van der Waals surface area contributed by atoms with E-state index in [9.17, 15) is 18.0 Å². The fourth-order valence-electron chi connectivity index (χ4n) is 2.91. The molecule has 28 heavy (non-hydrogen) atoms. The number of fused-ring (bicyclic) bond motifs is 1. The van der Waals surface area contributed by atoms with Gasteiger partial charge in [0.2, 0.25) is 0 Å². The van der Waals surface area contributed by atoms with Crippen molar-refractivity contribution < 1.29 is 22.7 Å². The largest absolute Gasteiger partial charge is 0.461 e. The molecule has 1 heterocycles. The molecule has 6 nitrogen and oxygen atoms in total. The Labute approximate surface area is 171 Å². The van der Waals surface area contributed by atoms with E-state index >= 15 is 0 Å². The molecule has 146 valence electrons. The third kappa shape index (κ3) is 3.30. The van der Waals surface area contributed by atoms with Gasteiger partial charge in [0.25, 0.3) is 10.0 Å². The van der Waals surface area contributed by atoms with E-state index in [1.165, 1.54) is 24.3 Å². The molecule has 0 saturated heterocycles. The Kier molecular flexibility index (Phi) is 5.52. The Morgan fingerprint density at radius 2 is 1.82 bits per heavy atom. The zero-order valence-electron chi connectivity index (χ0n) is 14.9. The summed E-state index contributed by atoms with van der Waals surface area (Å²) >= 11 is 12.3. The Morgan fingerprint density at radius 3 is 2.39 bits per heavy atom. The first-order valence-corrected chi connectivity index (χ1v) is 10.4. The van der Waals surface area contributed by atoms with Gasteiger partial charge < -0.3 is 4.74 Å². The van der Waals surface area contributed by atoms with Crippen LogP contribution in [0.2, 0.25) is 10.0 Å². The standard InChI is InChI=1S/C19H15Cl2NO5S/c1-3-27-19(24)18-14(10-23)17-15(21)8-12(20)9-16(17)22(18)28(25,26)13-6-4-11(2)5-7-13/h4-10H,3H2,1-2H3. The summed E-state index contributed by atoms with van der Waals surface area (Å²) in [6.07, 6.45) is 0.384. The highest BCUT2D eigenvalue weighted by Crippen LogP contribution is 2.36. The van der Waals surface area contributed by atoms with Gasteiger partial charge in [0.05, 0.1) is 27.6 Å². The monoisotopic (exact) mass is 439 g/mol. The molecule has 3 aromatic rings. The number of nitrogens with zero attached hydrogens (tertiary/aromatic N) is 1. The van der Waals surface area contributed by atoms with Gasteiger partial charge in [-0.3, -0.25) is 4.79 Å². The molecule has 0 fully saturated rings. The molecule has 0 saturated carbocycles.